The van der Waals surface area contributed by atoms with Crippen molar-refractivity contribution < 1.29 is 34.4 Å². The van der Waals surface area contributed by atoms with Crippen molar-refractivity contribution >= 4 is 17.9 Å². The van der Waals surface area contributed by atoms with Crippen molar-refractivity contribution in [2.24, 2.45) is 17.8 Å². The number of imide groups is 1. The maximum atomic E-state index is 13.8. The minimum Gasteiger partial charge on any atom is -0.505 e. The smallest absolute Gasteiger partial charge is 0.234 e. The molecule has 0 radical (unpaired) electrons. The van der Waals surface area contributed by atoms with Gasteiger partial charge in [0.05, 0.1) is 31.2 Å². The third-order valence-corrected chi connectivity index (χ3v) is 8.56. The second kappa shape index (κ2) is 12.5. The molecule has 0 spiro atoms. The van der Waals surface area contributed by atoms with Crippen LogP contribution in [0.15, 0.2) is 34.9 Å². The Balaban J connectivity index is 1.54. The van der Waals surface area contributed by atoms with Crippen LogP contribution in [0, 0.1) is 23.6 Å². The minimum atomic E-state index is -1.00. The molecule has 2 fully saturated rings. The van der Waals surface area contributed by atoms with E-state index in [1.54, 1.807) is 6.07 Å². The molecule has 1 heterocycles. The molecule has 2 aliphatic carbocycles. The van der Waals surface area contributed by atoms with E-state index in [-0.39, 0.29) is 37.5 Å². The average Bonchev–Trinajstić information content (AvgIpc) is 3.17. The Kier molecular flexibility index (Phi) is 9.39. The van der Waals surface area contributed by atoms with E-state index in [0.717, 1.165) is 50.5 Å². The van der Waals surface area contributed by atoms with Crippen molar-refractivity contribution in [3.8, 4) is 5.75 Å². The lowest BCUT2D eigenvalue weighted by molar-refractivity contribution is -0.143. The van der Waals surface area contributed by atoms with Crippen LogP contribution < -0.4 is 0 Å². The molecule has 8 heteroatoms. The van der Waals surface area contributed by atoms with Crippen LogP contribution in [0.1, 0.15) is 76.7 Å². The van der Waals surface area contributed by atoms with Crippen LogP contribution in [0.5, 0.6) is 5.75 Å². The number of aliphatic hydroxyl groups excluding tert-OH is 3. The van der Waals surface area contributed by atoms with Gasteiger partial charge in [-0.3, -0.25) is 14.5 Å². The zero-order chi connectivity index (χ0) is 27.4. The van der Waals surface area contributed by atoms with Crippen molar-refractivity contribution in [1.82, 2.24) is 4.90 Å². The summed E-state index contributed by atoms with van der Waals surface area (Å²) in [5, 5.41) is 41.4. The number of amides is 2. The summed E-state index contributed by atoms with van der Waals surface area (Å²) in [7, 11) is 0. The summed E-state index contributed by atoms with van der Waals surface area (Å²) < 4.78 is 13.8. The monoisotopic (exact) mass is 529 g/mol. The van der Waals surface area contributed by atoms with Crippen LogP contribution in [-0.4, -0.2) is 62.5 Å². The van der Waals surface area contributed by atoms with Gasteiger partial charge in [0.2, 0.25) is 11.8 Å². The highest BCUT2D eigenvalue weighted by Gasteiger charge is 2.56. The Bertz CT molecular complexity index is 1090. The topological polar surface area (TPSA) is 118 Å². The summed E-state index contributed by atoms with van der Waals surface area (Å²) in [5.74, 6) is -3.63. The maximum absolute atomic E-state index is 13.8. The number of allylic oxidation sites excluding steroid dienone is 1. The zero-order valence-electron chi connectivity index (χ0n) is 22.1. The van der Waals surface area contributed by atoms with Crippen LogP contribution in [-0.2, 0) is 9.59 Å². The number of fused-ring (bicyclic) bond motifs is 1. The Morgan fingerprint density at radius 1 is 1.13 bits per heavy atom. The second-order valence-electron chi connectivity index (χ2n) is 11.0. The predicted molar refractivity (Wildman–Crippen MR) is 141 cm³/mol. The third-order valence-electron chi connectivity index (χ3n) is 8.56. The molecule has 1 aliphatic heterocycles. The summed E-state index contributed by atoms with van der Waals surface area (Å²) >= 11 is 0. The van der Waals surface area contributed by atoms with Gasteiger partial charge in [0.1, 0.15) is 0 Å². The quantitative estimate of drug-likeness (QED) is 0.268. The van der Waals surface area contributed by atoms with Gasteiger partial charge in [-0.1, -0.05) is 50.3 Å². The van der Waals surface area contributed by atoms with Crippen LogP contribution in [0.25, 0.3) is 6.08 Å². The summed E-state index contributed by atoms with van der Waals surface area (Å²) in [6, 6.07) is 4.09. The van der Waals surface area contributed by atoms with E-state index in [4.69, 9.17) is 0 Å². The summed E-state index contributed by atoms with van der Waals surface area (Å²) in [4.78, 5) is 28.3. The number of carbonyl (C=O) groups is 2. The molecule has 1 aromatic rings. The maximum Gasteiger partial charge on any atom is 0.234 e. The number of aliphatic hydroxyl groups is 3. The third kappa shape index (κ3) is 5.72. The second-order valence-corrected chi connectivity index (χ2v) is 11.0. The van der Waals surface area contributed by atoms with Crippen LogP contribution in [0.2, 0.25) is 0 Å². The van der Waals surface area contributed by atoms with E-state index >= 15 is 0 Å². The lowest BCUT2D eigenvalue weighted by atomic mass is 9.68. The SMILES string of the molecule is CCC/C(=C\c1ccc(O)c(F)c1)CC[C@@H](O)C1=C(CO)C[C@H]2C(=O)N(C3CCCCC3)C(=O)[C@H]2[C@H]1CO. The van der Waals surface area contributed by atoms with Gasteiger partial charge in [0.25, 0.3) is 0 Å². The molecule has 1 saturated carbocycles. The number of likely N-dealkylation sites (tertiary alicyclic amines) is 1. The van der Waals surface area contributed by atoms with E-state index in [2.05, 4.69) is 0 Å². The predicted octanol–water partition coefficient (Wildman–Crippen LogP) is 4.09. The molecule has 38 heavy (non-hydrogen) atoms. The van der Waals surface area contributed by atoms with E-state index < -0.39 is 35.4 Å². The van der Waals surface area contributed by atoms with Crippen LogP contribution in [0.3, 0.4) is 0 Å². The van der Waals surface area contributed by atoms with Crippen LogP contribution >= 0.6 is 0 Å². The molecule has 1 aromatic carbocycles. The first kappa shape index (κ1) is 28.5. The first-order valence-corrected chi connectivity index (χ1v) is 14.0. The molecule has 3 aliphatic rings. The number of phenols is 1. The molecule has 0 unspecified atom stereocenters. The molecular formula is C30H40FNO6. The number of halogens is 1. The highest BCUT2D eigenvalue weighted by atomic mass is 19.1. The van der Waals surface area contributed by atoms with Crippen molar-refractivity contribution in [1.29, 1.82) is 0 Å². The Morgan fingerprint density at radius 3 is 2.50 bits per heavy atom. The molecular weight excluding hydrogens is 489 g/mol. The lowest BCUT2D eigenvalue weighted by Gasteiger charge is -2.36. The Morgan fingerprint density at radius 2 is 1.87 bits per heavy atom. The molecule has 7 nitrogen and oxygen atoms in total. The highest BCUT2D eigenvalue weighted by molar-refractivity contribution is 6.06. The minimum absolute atomic E-state index is 0.105. The van der Waals surface area contributed by atoms with Gasteiger partial charge in [-0.05, 0) is 67.4 Å². The number of phenolic OH excluding ortho intramolecular Hbond substituents is 1. The van der Waals surface area contributed by atoms with Gasteiger partial charge in [0, 0.05) is 12.0 Å². The number of rotatable bonds is 10. The molecule has 0 bridgehead atoms. The Labute approximate surface area is 223 Å². The number of aromatic hydroxyl groups is 1. The van der Waals surface area contributed by atoms with E-state index in [0.29, 0.717) is 29.6 Å². The largest absolute Gasteiger partial charge is 0.505 e. The van der Waals surface area contributed by atoms with Gasteiger partial charge in [-0.15, -0.1) is 0 Å². The summed E-state index contributed by atoms with van der Waals surface area (Å²) in [6.07, 6.45) is 8.10. The highest BCUT2D eigenvalue weighted by Crippen LogP contribution is 2.47. The van der Waals surface area contributed by atoms with Gasteiger partial charge in [0.15, 0.2) is 11.6 Å². The van der Waals surface area contributed by atoms with E-state index in [9.17, 15) is 34.4 Å². The molecule has 0 aromatic heterocycles. The number of benzene rings is 1. The van der Waals surface area contributed by atoms with Crippen molar-refractivity contribution in [3.05, 3.63) is 46.3 Å². The number of carbonyl (C=O) groups excluding carboxylic acids is 2. The van der Waals surface area contributed by atoms with Gasteiger partial charge < -0.3 is 20.4 Å². The summed E-state index contributed by atoms with van der Waals surface area (Å²) in [5.41, 5.74) is 2.62. The lowest BCUT2D eigenvalue weighted by Crippen LogP contribution is -2.42. The van der Waals surface area contributed by atoms with E-state index in [1.807, 2.05) is 13.0 Å². The number of nitrogens with zero attached hydrogens (tertiary/aromatic N) is 1. The first-order valence-electron chi connectivity index (χ1n) is 14.0. The molecule has 4 atom stereocenters. The molecule has 2 amide bonds. The van der Waals surface area contributed by atoms with Crippen molar-refractivity contribution in [3.63, 3.8) is 0 Å². The summed E-state index contributed by atoms with van der Waals surface area (Å²) in [6.45, 7) is 1.29. The molecule has 4 rings (SSSR count). The molecule has 208 valence electrons. The Hall–Kier alpha value is -2.55. The normalized spacial score (nSPS) is 25.8. The fourth-order valence-corrected chi connectivity index (χ4v) is 6.75. The standard InChI is InChI=1S/C30H40FNO6/c1-2-6-18(13-19-10-11-25(35)24(31)14-19)9-12-26(36)27-20(16-33)15-22-28(23(27)17-34)30(38)32(29(22)37)21-7-4-3-5-8-21/h10-11,13-14,21-23,26,28,33-36H,2-9,12,15-17H2,1H3/b18-13+/t22-,23+,26-,28-/m1/s1. The molecule has 1 saturated heterocycles. The number of hydrogen-bond donors (Lipinski definition) is 4. The number of hydrogen-bond acceptors (Lipinski definition) is 6. The van der Waals surface area contributed by atoms with Gasteiger partial charge in [-0.25, -0.2) is 4.39 Å². The van der Waals surface area contributed by atoms with Gasteiger partial charge >= 0.3 is 0 Å². The first-order chi connectivity index (χ1) is 18.3. The van der Waals surface area contributed by atoms with Crippen LogP contribution in [0.4, 0.5) is 4.39 Å². The van der Waals surface area contributed by atoms with Crippen molar-refractivity contribution in [2.45, 2.75) is 83.3 Å². The fourth-order valence-electron chi connectivity index (χ4n) is 6.75. The molecule has 4 N–H and O–H groups in total. The van der Waals surface area contributed by atoms with Gasteiger partial charge in [-0.2, -0.15) is 0 Å². The van der Waals surface area contributed by atoms with E-state index in [1.165, 1.54) is 17.0 Å². The average molecular weight is 530 g/mol. The van der Waals surface area contributed by atoms with Crippen molar-refractivity contribution in [2.75, 3.05) is 13.2 Å². The fraction of sp³-hybridized carbons (Fsp3) is 0.600. The zero-order valence-corrected chi connectivity index (χ0v) is 22.1.